The van der Waals surface area contributed by atoms with E-state index in [-0.39, 0.29) is 0 Å². The molecule has 0 heterocycles. The number of anilines is 2. The molecule has 0 aliphatic rings. The van der Waals surface area contributed by atoms with Gasteiger partial charge in [0.25, 0.3) is 0 Å². The standard InChI is InChI=1S/C13H21ClN2O2S/c1-5-12(9(2)3)15-10-6-7-13(11(14)8-10)16-19(4,17)18/h6-9,12,15-16H,5H2,1-4H3. The van der Waals surface area contributed by atoms with E-state index in [9.17, 15) is 8.42 Å². The van der Waals surface area contributed by atoms with Crippen molar-refractivity contribution in [3.63, 3.8) is 0 Å². The second-order valence-corrected chi connectivity index (χ2v) is 7.13. The minimum atomic E-state index is -3.31. The Morgan fingerprint density at radius 3 is 2.37 bits per heavy atom. The molecule has 0 radical (unpaired) electrons. The van der Waals surface area contributed by atoms with Crippen molar-refractivity contribution in [3.05, 3.63) is 23.2 Å². The Balaban J connectivity index is 2.88. The van der Waals surface area contributed by atoms with Crippen LogP contribution < -0.4 is 10.0 Å². The largest absolute Gasteiger partial charge is 0.382 e. The molecular weight excluding hydrogens is 284 g/mol. The van der Waals surface area contributed by atoms with Crippen molar-refractivity contribution < 1.29 is 8.42 Å². The Hall–Kier alpha value is -0.940. The third kappa shape index (κ3) is 5.28. The fourth-order valence-corrected chi connectivity index (χ4v) is 2.70. The van der Waals surface area contributed by atoms with Crippen molar-refractivity contribution in [1.29, 1.82) is 0 Å². The van der Waals surface area contributed by atoms with Crippen molar-refractivity contribution in [3.8, 4) is 0 Å². The Morgan fingerprint density at radius 2 is 1.95 bits per heavy atom. The highest BCUT2D eigenvalue weighted by Gasteiger charge is 2.12. The van der Waals surface area contributed by atoms with Gasteiger partial charge in [0.15, 0.2) is 0 Å². The van der Waals surface area contributed by atoms with Gasteiger partial charge in [0.1, 0.15) is 0 Å². The van der Waals surface area contributed by atoms with Crippen molar-refractivity contribution in [1.82, 2.24) is 0 Å². The molecule has 1 atom stereocenters. The van der Waals surface area contributed by atoms with E-state index in [1.165, 1.54) is 0 Å². The number of nitrogens with one attached hydrogen (secondary N) is 2. The van der Waals surface area contributed by atoms with Crippen molar-refractivity contribution in [2.45, 2.75) is 33.2 Å². The fourth-order valence-electron chi connectivity index (χ4n) is 1.84. The first-order valence-corrected chi connectivity index (χ1v) is 8.53. The van der Waals surface area contributed by atoms with E-state index >= 15 is 0 Å². The van der Waals surface area contributed by atoms with Gasteiger partial charge in [-0.25, -0.2) is 8.42 Å². The number of hydrogen-bond donors (Lipinski definition) is 2. The lowest BCUT2D eigenvalue weighted by atomic mass is 10.0. The lowest BCUT2D eigenvalue weighted by Crippen LogP contribution is -2.24. The van der Waals surface area contributed by atoms with Crippen LogP contribution in [0.4, 0.5) is 11.4 Å². The summed E-state index contributed by atoms with van der Waals surface area (Å²) in [5.41, 5.74) is 1.29. The van der Waals surface area contributed by atoms with Gasteiger partial charge in [0, 0.05) is 11.7 Å². The molecule has 1 unspecified atom stereocenters. The second kappa shape index (κ2) is 6.48. The van der Waals surface area contributed by atoms with Crippen LogP contribution in [-0.4, -0.2) is 20.7 Å². The molecule has 0 aliphatic heterocycles. The molecule has 0 aliphatic carbocycles. The van der Waals surface area contributed by atoms with E-state index in [0.717, 1.165) is 18.4 Å². The molecule has 0 spiro atoms. The zero-order valence-corrected chi connectivity index (χ0v) is 13.3. The summed E-state index contributed by atoms with van der Waals surface area (Å²) >= 11 is 6.07. The van der Waals surface area contributed by atoms with E-state index in [2.05, 4.69) is 30.8 Å². The molecule has 2 N–H and O–H groups in total. The van der Waals surface area contributed by atoms with Crippen molar-refractivity contribution in [2.24, 2.45) is 5.92 Å². The summed E-state index contributed by atoms with van der Waals surface area (Å²) < 4.78 is 24.7. The van der Waals surface area contributed by atoms with E-state index in [1.54, 1.807) is 12.1 Å². The normalized spacial score (nSPS) is 13.4. The van der Waals surface area contributed by atoms with E-state index in [0.29, 0.717) is 22.7 Å². The van der Waals surface area contributed by atoms with E-state index < -0.39 is 10.0 Å². The molecule has 4 nitrogen and oxygen atoms in total. The Kier molecular flexibility index (Phi) is 5.50. The molecule has 1 rings (SSSR count). The van der Waals surface area contributed by atoms with Gasteiger partial charge in [-0.2, -0.15) is 0 Å². The maximum absolute atomic E-state index is 11.2. The van der Waals surface area contributed by atoms with Gasteiger partial charge in [-0.3, -0.25) is 4.72 Å². The molecule has 0 amide bonds. The second-order valence-electron chi connectivity index (χ2n) is 4.97. The molecule has 0 bridgehead atoms. The molecule has 108 valence electrons. The third-order valence-electron chi connectivity index (χ3n) is 2.86. The highest BCUT2D eigenvalue weighted by Crippen LogP contribution is 2.27. The summed E-state index contributed by atoms with van der Waals surface area (Å²) in [4.78, 5) is 0. The lowest BCUT2D eigenvalue weighted by molar-refractivity contribution is 0.511. The first-order chi connectivity index (χ1) is 8.73. The number of halogens is 1. The van der Waals surface area contributed by atoms with E-state index in [4.69, 9.17) is 11.6 Å². The van der Waals surface area contributed by atoms with Crippen LogP contribution in [0.3, 0.4) is 0 Å². The number of benzene rings is 1. The smallest absolute Gasteiger partial charge is 0.229 e. The summed E-state index contributed by atoms with van der Waals surface area (Å²) in [7, 11) is -3.31. The highest BCUT2D eigenvalue weighted by atomic mass is 35.5. The van der Waals surface area contributed by atoms with Gasteiger partial charge in [0.05, 0.1) is 17.0 Å². The molecule has 0 fully saturated rings. The van der Waals surface area contributed by atoms with Crippen LogP contribution in [0.5, 0.6) is 0 Å². The average molecular weight is 305 g/mol. The van der Waals surface area contributed by atoms with Crippen LogP contribution in [0.15, 0.2) is 18.2 Å². The predicted octanol–water partition coefficient (Wildman–Crippen LogP) is 3.56. The molecule has 0 saturated heterocycles. The third-order valence-corrected chi connectivity index (χ3v) is 3.76. The minimum Gasteiger partial charge on any atom is -0.382 e. The van der Waals surface area contributed by atoms with Crippen LogP contribution >= 0.6 is 11.6 Å². The Bertz CT molecular complexity index is 529. The van der Waals surface area contributed by atoms with Crippen molar-refractivity contribution in [2.75, 3.05) is 16.3 Å². The summed E-state index contributed by atoms with van der Waals surface area (Å²) in [6.07, 6.45) is 2.11. The minimum absolute atomic E-state index is 0.366. The predicted molar refractivity (Wildman–Crippen MR) is 82.5 cm³/mol. The quantitative estimate of drug-likeness (QED) is 0.845. The summed E-state index contributed by atoms with van der Waals surface area (Å²) in [6.45, 7) is 6.43. The lowest BCUT2D eigenvalue weighted by Gasteiger charge is -2.22. The average Bonchev–Trinajstić information content (AvgIpc) is 2.27. The van der Waals surface area contributed by atoms with Crippen LogP contribution in [-0.2, 0) is 10.0 Å². The maximum Gasteiger partial charge on any atom is 0.229 e. The van der Waals surface area contributed by atoms with Gasteiger partial charge < -0.3 is 5.32 Å². The molecular formula is C13H21ClN2O2S. The molecule has 19 heavy (non-hydrogen) atoms. The summed E-state index contributed by atoms with van der Waals surface area (Å²) in [5, 5.41) is 3.78. The van der Waals surface area contributed by atoms with Gasteiger partial charge >= 0.3 is 0 Å². The Labute approximate surface area is 120 Å². The highest BCUT2D eigenvalue weighted by molar-refractivity contribution is 7.92. The fraction of sp³-hybridized carbons (Fsp3) is 0.538. The Morgan fingerprint density at radius 1 is 1.32 bits per heavy atom. The first-order valence-electron chi connectivity index (χ1n) is 6.26. The van der Waals surface area contributed by atoms with Crippen molar-refractivity contribution >= 4 is 33.0 Å². The van der Waals surface area contributed by atoms with Gasteiger partial charge in [-0.05, 0) is 30.5 Å². The van der Waals surface area contributed by atoms with Gasteiger partial charge in [0.2, 0.25) is 10.0 Å². The number of hydrogen-bond acceptors (Lipinski definition) is 3. The topological polar surface area (TPSA) is 58.2 Å². The molecule has 0 aromatic heterocycles. The van der Waals surface area contributed by atoms with Gasteiger partial charge in [-0.1, -0.05) is 32.4 Å². The molecule has 1 aromatic carbocycles. The van der Waals surface area contributed by atoms with Crippen LogP contribution in [0.1, 0.15) is 27.2 Å². The van der Waals surface area contributed by atoms with Crippen LogP contribution in [0, 0.1) is 5.92 Å². The zero-order valence-electron chi connectivity index (χ0n) is 11.7. The summed E-state index contributed by atoms with van der Waals surface area (Å²) in [6, 6.07) is 5.59. The summed E-state index contributed by atoms with van der Waals surface area (Å²) in [5.74, 6) is 0.512. The molecule has 0 saturated carbocycles. The van der Waals surface area contributed by atoms with Crippen LogP contribution in [0.25, 0.3) is 0 Å². The van der Waals surface area contributed by atoms with Crippen LogP contribution in [0.2, 0.25) is 5.02 Å². The maximum atomic E-state index is 11.2. The molecule has 1 aromatic rings. The molecule has 6 heteroatoms. The van der Waals surface area contributed by atoms with Gasteiger partial charge in [-0.15, -0.1) is 0 Å². The SMILES string of the molecule is CCC(Nc1ccc(NS(C)(=O)=O)c(Cl)c1)C(C)C. The first kappa shape index (κ1) is 16.1. The number of sulfonamides is 1. The monoisotopic (exact) mass is 304 g/mol. The van der Waals surface area contributed by atoms with E-state index in [1.807, 2.05) is 6.07 Å². The zero-order chi connectivity index (χ0) is 14.6. The number of rotatable bonds is 6.